The van der Waals surface area contributed by atoms with Crippen LogP contribution in [0.3, 0.4) is 0 Å². The van der Waals surface area contributed by atoms with E-state index in [1.165, 1.54) is 6.08 Å². The fourth-order valence-electron chi connectivity index (χ4n) is 1.01. The second-order valence-electron chi connectivity index (χ2n) is 5.49. The molecule has 0 heterocycles. The van der Waals surface area contributed by atoms with Gasteiger partial charge in [-0.25, -0.2) is 0 Å². The van der Waals surface area contributed by atoms with Gasteiger partial charge in [0.25, 0.3) is 0 Å². The SMILES string of the molecule is C[C@H](/C=C/C=C/C=O)O[Si](C)(C)C(C)(C)C.[C-]#[O+].[C-]#[O+].[C-]#[O+].[Fe]. The summed E-state index contributed by atoms with van der Waals surface area (Å²) in [7, 11) is -1.68. The van der Waals surface area contributed by atoms with E-state index in [2.05, 4.69) is 53.8 Å². The van der Waals surface area contributed by atoms with Gasteiger partial charge in [0.1, 0.15) is 6.29 Å². The van der Waals surface area contributed by atoms with Crippen LogP contribution in [0.25, 0.3) is 0 Å². The van der Waals surface area contributed by atoms with Crippen molar-refractivity contribution in [1.82, 2.24) is 0 Å². The minimum Gasteiger partial charge on any atom is 0 e. The van der Waals surface area contributed by atoms with Crippen LogP contribution in [0.5, 0.6) is 0 Å². The number of hydrogen-bond donors (Lipinski definition) is 0. The Kier molecular flexibility index (Phi) is 30.8. The molecule has 0 aromatic carbocycles. The number of hydrogen-bond acceptors (Lipinski definition) is 2. The van der Waals surface area contributed by atoms with Gasteiger partial charge in [-0.1, -0.05) is 39.0 Å². The monoisotopic (exact) mass is 380 g/mol. The average molecular weight is 380 g/mol. The van der Waals surface area contributed by atoms with Gasteiger partial charge >= 0.3 is 33.9 Å². The van der Waals surface area contributed by atoms with Crippen LogP contribution in [0.2, 0.25) is 18.1 Å². The van der Waals surface area contributed by atoms with Crippen molar-refractivity contribution in [3.8, 4) is 0 Å². The van der Waals surface area contributed by atoms with Crippen molar-refractivity contribution < 1.29 is 40.2 Å². The van der Waals surface area contributed by atoms with Crippen LogP contribution in [0.1, 0.15) is 27.7 Å². The Morgan fingerprint density at radius 2 is 1.35 bits per heavy atom. The quantitative estimate of drug-likeness (QED) is 0.182. The molecule has 0 fully saturated rings. The minimum absolute atomic E-state index is 0. The Labute approximate surface area is 151 Å². The van der Waals surface area contributed by atoms with Gasteiger partial charge < -0.3 is 4.43 Å². The number of aldehydes is 1. The van der Waals surface area contributed by atoms with Gasteiger partial charge in [-0.15, -0.1) is 0 Å². The van der Waals surface area contributed by atoms with E-state index in [0.717, 1.165) is 6.29 Å². The smallest absolute Gasteiger partial charge is 0 e. The molecule has 7 heteroatoms. The predicted octanol–water partition coefficient (Wildman–Crippen LogP) is 3.59. The van der Waals surface area contributed by atoms with Crippen LogP contribution in [-0.4, -0.2) is 20.7 Å². The maximum atomic E-state index is 10.1. The van der Waals surface area contributed by atoms with E-state index in [1.54, 1.807) is 6.08 Å². The van der Waals surface area contributed by atoms with Crippen molar-refractivity contribution >= 4 is 14.6 Å². The second-order valence-corrected chi connectivity index (χ2v) is 10.2. The zero-order chi connectivity index (χ0) is 18.8. The molecule has 5 nitrogen and oxygen atoms in total. The first-order valence-electron chi connectivity index (χ1n) is 6.28. The molecule has 0 aliphatic rings. The molecule has 0 aromatic rings. The molecule has 1 atom stereocenters. The molecular weight excluding hydrogens is 356 g/mol. The van der Waals surface area contributed by atoms with E-state index in [-0.39, 0.29) is 28.2 Å². The standard InChI is InChI=1S/C13H24O2Si.3CO.Fe/c1-12(10-8-7-9-11-14)15-16(5,6)13(2,3)4;3*1-2;/h7-12H,1-6H3;;;;/b9-7+,10-8+;;;;/t12-;;;;/m1..../s1. The van der Waals surface area contributed by atoms with Crippen molar-refractivity contribution in [2.45, 2.75) is 51.9 Å². The number of rotatable bonds is 5. The van der Waals surface area contributed by atoms with Gasteiger partial charge in [0, 0.05) is 17.1 Å². The van der Waals surface area contributed by atoms with Gasteiger partial charge in [-0.3, -0.25) is 4.79 Å². The van der Waals surface area contributed by atoms with E-state index in [1.807, 2.05) is 19.1 Å². The summed E-state index contributed by atoms with van der Waals surface area (Å²) in [5, 5.41) is 0.230. The maximum Gasteiger partial charge on any atom is 0 e. The first-order valence-corrected chi connectivity index (χ1v) is 9.19. The molecule has 0 aliphatic heterocycles. The Hall–Kier alpha value is -0.934. The molecule has 0 spiro atoms. The summed E-state index contributed by atoms with van der Waals surface area (Å²) < 4.78 is 28.6. The Morgan fingerprint density at radius 1 is 0.957 bits per heavy atom. The molecule has 130 valence electrons. The molecule has 0 N–H and O–H groups in total. The molecule has 0 unspecified atom stereocenters. The summed E-state index contributed by atoms with van der Waals surface area (Å²) >= 11 is 0. The largest absolute Gasteiger partial charge is 0 e. The van der Waals surface area contributed by atoms with Crippen molar-refractivity contribution in [3.05, 3.63) is 44.3 Å². The summed E-state index contributed by atoms with van der Waals surface area (Å²) in [6.45, 7) is 26.7. The van der Waals surface area contributed by atoms with Gasteiger partial charge in [-0.2, -0.15) is 0 Å². The van der Waals surface area contributed by atoms with E-state index in [4.69, 9.17) is 18.4 Å². The molecule has 0 aromatic heterocycles. The summed E-state index contributed by atoms with van der Waals surface area (Å²) in [5.74, 6) is 0. The van der Waals surface area contributed by atoms with E-state index in [0.29, 0.717) is 0 Å². The molecule has 0 saturated carbocycles. The molecular formula is C16H24FeO5Si. The molecule has 0 saturated heterocycles. The third-order valence-electron chi connectivity index (χ3n) is 2.97. The van der Waals surface area contributed by atoms with Gasteiger partial charge in [0.2, 0.25) is 0 Å². The Balaban J connectivity index is -0.000000137. The maximum absolute atomic E-state index is 10.1. The van der Waals surface area contributed by atoms with Crippen molar-refractivity contribution in [3.63, 3.8) is 0 Å². The molecule has 23 heavy (non-hydrogen) atoms. The van der Waals surface area contributed by atoms with Crippen LogP contribution < -0.4 is 0 Å². The Morgan fingerprint density at radius 3 is 1.65 bits per heavy atom. The fraction of sp³-hybridized carbons (Fsp3) is 0.500. The number of allylic oxidation sites excluding steroid dienone is 3. The number of carbonyl (C=O) groups excluding carboxylic acids is 1. The first-order chi connectivity index (χ1) is 10.2. The van der Waals surface area contributed by atoms with Crippen LogP contribution in [0, 0.1) is 20.0 Å². The predicted molar refractivity (Wildman–Crippen MR) is 83.9 cm³/mol. The summed E-state index contributed by atoms with van der Waals surface area (Å²) in [6.07, 6.45) is 7.88. The zero-order valence-electron chi connectivity index (χ0n) is 14.4. The van der Waals surface area contributed by atoms with Crippen molar-refractivity contribution in [2.75, 3.05) is 0 Å². The van der Waals surface area contributed by atoms with E-state index in [9.17, 15) is 4.79 Å². The molecule has 0 aliphatic carbocycles. The second kappa shape index (κ2) is 21.1. The third kappa shape index (κ3) is 21.1. The third-order valence-corrected chi connectivity index (χ3v) is 7.54. The molecule has 0 rings (SSSR count). The van der Waals surface area contributed by atoms with Crippen LogP contribution >= 0.6 is 0 Å². The van der Waals surface area contributed by atoms with Crippen LogP contribution in [-0.2, 0) is 40.2 Å². The fourth-order valence-corrected chi connectivity index (χ4v) is 2.37. The molecule has 0 amide bonds. The minimum atomic E-state index is -1.68. The van der Waals surface area contributed by atoms with Gasteiger partial charge in [-0.05, 0) is 31.1 Å². The molecule has 0 bridgehead atoms. The van der Waals surface area contributed by atoms with Crippen LogP contribution in [0.4, 0.5) is 0 Å². The normalized spacial score (nSPS) is 11.3. The van der Waals surface area contributed by atoms with Crippen molar-refractivity contribution in [1.29, 1.82) is 0 Å². The zero-order valence-corrected chi connectivity index (χ0v) is 16.5. The summed E-state index contributed by atoms with van der Waals surface area (Å²) in [6, 6.07) is 0. The Bertz CT molecular complexity index is 375. The van der Waals surface area contributed by atoms with Crippen LogP contribution in [0.15, 0.2) is 24.3 Å². The van der Waals surface area contributed by atoms with Crippen molar-refractivity contribution in [2.24, 2.45) is 0 Å². The number of carbonyl (C=O) groups is 1. The first kappa shape index (κ1) is 33.6. The topological polar surface area (TPSA) is 86.0 Å². The average Bonchev–Trinajstić information content (AvgIpc) is 2.48. The van der Waals surface area contributed by atoms with Gasteiger partial charge in [0.15, 0.2) is 8.32 Å². The summed E-state index contributed by atoms with van der Waals surface area (Å²) in [5.41, 5.74) is 0. The van der Waals surface area contributed by atoms with Gasteiger partial charge in [0.05, 0.1) is 6.10 Å². The molecule has 0 radical (unpaired) electrons. The van der Waals surface area contributed by atoms with E-state index >= 15 is 0 Å². The summed E-state index contributed by atoms with van der Waals surface area (Å²) in [4.78, 5) is 10.1. The van der Waals surface area contributed by atoms with E-state index < -0.39 is 8.32 Å².